The lowest BCUT2D eigenvalue weighted by molar-refractivity contribution is 0.420. The average Bonchev–Trinajstić information content (AvgIpc) is 3.62. The van der Waals surface area contributed by atoms with Crippen molar-refractivity contribution in [3.05, 3.63) is 170 Å². The van der Waals surface area contributed by atoms with Crippen molar-refractivity contribution in [2.45, 2.75) is 0 Å². The molecule has 53 heavy (non-hydrogen) atoms. The number of imidazole rings is 1. The Bertz CT molecular complexity index is 3270. The Morgan fingerprint density at radius 1 is 0.472 bits per heavy atom. The summed E-state index contributed by atoms with van der Waals surface area (Å²) in [7, 11) is 1.71. The number of fused-ring (bicyclic) bond motifs is 12. The summed E-state index contributed by atoms with van der Waals surface area (Å²) in [6.07, 6.45) is 1.81. The second-order valence-electron chi connectivity index (χ2n) is 13.8. The highest BCUT2D eigenvalue weighted by atomic mass is 16.5. The minimum atomic E-state index is 0.800. The molecule has 4 heteroatoms. The Morgan fingerprint density at radius 2 is 1.11 bits per heavy atom. The predicted molar refractivity (Wildman–Crippen MR) is 221 cm³/mol. The summed E-state index contributed by atoms with van der Waals surface area (Å²) >= 11 is 0. The van der Waals surface area contributed by atoms with E-state index in [0.717, 1.165) is 50.0 Å². The van der Waals surface area contributed by atoms with Crippen LogP contribution in [0, 0.1) is 0 Å². The number of para-hydroxylation sites is 2. The van der Waals surface area contributed by atoms with E-state index in [9.17, 15) is 0 Å². The van der Waals surface area contributed by atoms with Gasteiger partial charge in [0.25, 0.3) is 0 Å². The van der Waals surface area contributed by atoms with Gasteiger partial charge in [-0.2, -0.15) is 0 Å². The molecule has 0 saturated carbocycles. The van der Waals surface area contributed by atoms with Crippen LogP contribution in [0.4, 0.5) is 0 Å². The van der Waals surface area contributed by atoms with Gasteiger partial charge >= 0.3 is 0 Å². The van der Waals surface area contributed by atoms with Crippen LogP contribution < -0.4 is 4.74 Å². The van der Waals surface area contributed by atoms with Crippen molar-refractivity contribution in [1.29, 1.82) is 0 Å². The Balaban J connectivity index is 0.993. The summed E-state index contributed by atoms with van der Waals surface area (Å²) in [6.45, 7) is 0. The second kappa shape index (κ2) is 11.5. The molecule has 0 aliphatic rings. The maximum atomic E-state index is 5.84. The fourth-order valence-corrected chi connectivity index (χ4v) is 8.30. The fraction of sp³-hybridized carbons (Fsp3) is 0.0204. The van der Waals surface area contributed by atoms with Crippen molar-refractivity contribution >= 4 is 70.8 Å². The minimum absolute atomic E-state index is 0.800. The van der Waals surface area contributed by atoms with Crippen LogP contribution in [0.3, 0.4) is 0 Å². The molecule has 0 amide bonds. The number of ether oxygens (including phenoxy) is 1. The van der Waals surface area contributed by atoms with E-state index in [-0.39, 0.29) is 0 Å². The Hall–Kier alpha value is -7.04. The Labute approximate surface area is 305 Å². The molecule has 0 N–H and O–H groups in total. The van der Waals surface area contributed by atoms with Crippen molar-refractivity contribution in [3.63, 3.8) is 0 Å². The van der Waals surface area contributed by atoms with Crippen LogP contribution in [0.5, 0.6) is 5.75 Å². The van der Waals surface area contributed by atoms with E-state index in [4.69, 9.17) is 9.72 Å². The second-order valence-corrected chi connectivity index (χ2v) is 13.8. The van der Waals surface area contributed by atoms with E-state index >= 15 is 0 Å². The highest BCUT2D eigenvalue weighted by Gasteiger charge is 2.17. The van der Waals surface area contributed by atoms with E-state index in [0.29, 0.717) is 0 Å². The van der Waals surface area contributed by atoms with Crippen LogP contribution in [0.1, 0.15) is 0 Å². The Morgan fingerprint density at radius 3 is 1.96 bits per heavy atom. The SMILES string of the molecule is COc1c(-c2ccc(-c3ccc4cc(-c5ccc6c7ccc8ccccc8c7c7nc8ccccc8n7c6c5)ccc4c3)cc2)ccc2cccnc12. The zero-order valence-electron chi connectivity index (χ0n) is 28.9. The maximum Gasteiger partial charge on any atom is 0.152 e. The molecule has 11 rings (SSSR count). The predicted octanol–water partition coefficient (Wildman–Crippen LogP) is 12.7. The molecular weight excluding hydrogens is 647 g/mol. The number of aromatic nitrogens is 3. The summed E-state index contributed by atoms with van der Waals surface area (Å²) in [5.74, 6) is 0.800. The molecule has 0 bridgehead atoms. The van der Waals surface area contributed by atoms with Crippen LogP contribution in [-0.2, 0) is 0 Å². The molecule has 0 radical (unpaired) electrons. The van der Waals surface area contributed by atoms with Gasteiger partial charge in [-0.1, -0.05) is 121 Å². The topological polar surface area (TPSA) is 39.4 Å². The Kier molecular flexibility index (Phi) is 6.43. The summed E-state index contributed by atoms with van der Waals surface area (Å²) in [4.78, 5) is 9.80. The van der Waals surface area contributed by atoms with E-state index in [1.807, 2.05) is 12.3 Å². The largest absolute Gasteiger partial charge is 0.494 e. The number of hydrogen-bond donors (Lipinski definition) is 0. The number of nitrogens with zero attached hydrogens (tertiary/aromatic N) is 3. The zero-order valence-corrected chi connectivity index (χ0v) is 28.9. The van der Waals surface area contributed by atoms with Crippen LogP contribution in [0.15, 0.2) is 170 Å². The van der Waals surface area contributed by atoms with Crippen molar-refractivity contribution in [2.75, 3.05) is 7.11 Å². The third-order valence-corrected chi connectivity index (χ3v) is 10.9. The molecular formula is C49H31N3O. The van der Waals surface area contributed by atoms with E-state index in [2.05, 4.69) is 167 Å². The summed E-state index contributed by atoms with van der Waals surface area (Å²) in [5, 5.41) is 9.57. The molecule has 0 spiro atoms. The molecule has 11 aromatic rings. The van der Waals surface area contributed by atoms with Gasteiger partial charge in [-0.25, -0.2) is 4.98 Å². The quantitative estimate of drug-likeness (QED) is 0.174. The smallest absolute Gasteiger partial charge is 0.152 e. The number of pyridine rings is 2. The highest BCUT2D eigenvalue weighted by Crippen LogP contribution is 2.40. The highest BCUT2D eigenvalue weighted by molar-refractivity contribution is 6.23. The van der Waals surface area contributed by atoms with Crippen LogP contribution >= 0.6 is 0 Å². The third kappa shape index (κ3) is 4.56. The molecule has 0 aliphatic carbocycles. The van der Waals surface area contributed by atoms with Crippen molar-refractivity contribution in [2.24, 2.45) is 0 Å². The summed E-state index contributed by atoms with van der Waals surface area (Å²) in [5.41, 5.74) is 12.0. The minimum Gasteiger partial charge on any atom is -0.494 e. The van der Waals surface area contributed by atoms with Crippen LogP contribution in [-0.4, -0.2) is 21.5 Å². The standard InChI is InChI=1S/C49H31N3O/c1-53-48-40(23-21-33-8-6-26-50-47(33)48)32-14-12-30(13-15-32)34-16-17-36-28-37(19-18-35(36)27-34)38-22-24-41-42-25-20-31-7-2-3-9-39(31)46(42)49-51-43-10-4-5-11-44(43)52(49)45(41)29-38/h2-29H,1H3. The molecule has 4 nitrogen and oxygen atoms in total. The van der Waals surface area contributed by atoms with Crippen molar-refractivity contribution < 1.29 is 4.74 Å². The molecule has 0 fully saturated rings. The van der Waals surface area contributed by atoms with Gasteiger partial charge in [0.1, 0.15) is 11.2 Å². The number of hydrogen-bond acceptors (Lipinski definition) is 3. The fourth-order valence-electron chi connectivity index (χ4n) is 8.30. The van der Waals surface area contributed by atoms with Gasteiger partial charge in [0.2, 0.25) is 0 Å². The van der Waals surface area contributed by atoms with E-state index < -0.39 is 0 Å². The van der Waals surface area contributed by atoms with Crippen molar-refractivity contribution in [3.8, 4) is 39.1 Å². The molecule has 0 aliphatic heterocycles. The molecule has 3 aromatic heterocycles. The number of rotatable bonds is 4. The van der Waals surface area contributed by atoms with Gasteiger partial charge < -0.3 is 4.74 Å². The normalized spacial score (nSPS) is 11.9. The first-order valence-electron chi connectivity index (χ1n) is 17.9. The summed E-state index contributed by atoms with van der Waals surface area (Å²) < 4.78 is 8.19. The lowest BCUT2D eigenvalue weighted by Gasteiger charge is -2.13. The molecule has 0 atom stereocenters. The maximum absolute atomic E-state index is 5.84. The molecule has 0 saturated heterocycles. The van der Waals surface area contributed by atoms with Gasteiger partial charge in [0.05, 0.1) is 23.7 Å². The van der Waals surface area contributed by atoms with Gasteiger partial charge in [0, 0.05) is 27.9 Å². The first-order valence-corrected chi connectivity index (χ1v) is 17.9. The van der Waals surface area contributed by atoms with Gasteiger partial charge in [-0.3, -0.25) is 9.38 Å². The van der Waals surface area contributed by atoms with Crippen LogP contribution in [0.25, 0.3) is 104 Å². The van der Waals surface area contributed by atoms with Gasteiger partial charge in [-0.05, 0) is 97.2 Å². The zero-order chi connectivity index (χ0) is 35.0. The monoisotopic (exact) mass is 677 g/mol. The van der Waals surface area contributed by atoms with E-state index in [1.165, 1.54) is 60.0 Å². The molecule has 3 heterocycles. The average molecular weight is 678 g/mol. The van der Waals surface area contributed by atoms with Crippen LogP contribution in [0.2, 0.25) is 0 Å². The van der Waals surface area contributed by atoms with Crippen molar-refractivity contribution in [1.82, 2.24) is 14.4 Å². The molecule has 0 unspecified atom stereocenters. The number of methoxy groups -OCH3 is 1. The van der Waals surface area contributed by atoms with Gasteiger partial charge in [-0.15, -0.1) is 0 Å². The van der Waals surface area contributed by atoms with E-state index in [1.54, 1.807) is 7.11 Å². The summed E-state index contributed by atoms with van der Waals surface area (Å²) in [6, 6.07) is 59.0. The molecule has 8 aromatic carbocycles. The first kappa shape index (κ1) is 29.7. The van der Waals surface area contributed by atoms with Gasteiger partial charge in [0.15, 0.2) is 5.75 Å². The lowest BCUT2D eigenvalue weighted by Crippen LogP contribution is -1.93. The first-order chi connectivity index (χ1) is 26.2. The lowest BCUT2D eigenvalue weighted by atomic mass is 9.95. The molecule has 248 valence electrons. The number of benzene rings is 8. The third-order valence-electron chi connectivity index (χ3n) is 10.9.